The zero-order valence-electron chi connectivity index (χ0n) is 18.0. The van der Waals surface area contributed by atoms with Crippen molar-refractivity contribution in [1.29, 1.82) is 0 Å². The summed E-state index contributed by atoms with van der Waals surface area (Å²) in [5, 5.41) is 0. The van der Waals surface area contributed by atoms with Gasteiger partial charge >= 0.3 is 0 Å². The molecule has 27 heavy (non-hydrogen) atoms. The van der Waals surface area contributed by atoms with E-state index in [1.807, 2.05) is 13.8 Å². The lowest BCUT2D eigenvalue weighted by molar-refractivity contribution is 0.591. The van der Waals surface area contributed by atoms with E-state index in [-0.39, 0.29) is 5.41 Å². The highest BCUT2D eigenvalue weighted by atomic mass is 14.3. The van der Waals surface area contributed by atoms with Crippen molar-refractivity contribution in [3.05, 3.63) is 83.9 Å². The molecule has 3 aromatic rings. The van der Waals surface area contributed by atoms with E-state index in [9.17, 15) is 0 Å². The maximum atomic E-state index is 2.42. The van der Waals surface area contributed by atoms with Crippen LogP contribution in [-0.2, 0) is 5.41 Å². The van der Waals surface area contributed by atoms with E-state index in [1.54, 1.807) is 0 Å². The average molecular weight is 359 g/mol. The molecule has 0 spiro atoms. The summed E-state index contributed by atoms with van der Waals surface area (Å²) in [6.07, 6.45) is 0. The van der Waals surface area contributed by atoms with Gasteiger partial charge in [-0.3, -0.25) is 0 Å². The fourth-order valence-corrected chi connectivity index (χ4v) is 3.44. The molecule has 0 aromatic heterocycles. The molecule has 0 aliphatic rings. The van der Waals surface area contributed by atoms with Gasteiger partial charge in [0.25, 0.3) is 0 Å². The van der Waals surface area contributed by atoms with Crippen molar-refractivity contribution >= 4 is 0 Å². The first-order chi connectivity index (χ1) is 12.9. The number of rotatable bonds is 3. The predicted molar refractivity (Wildman–Crippen MR) is 121 cm³/mol. The van der Waals surface area contributed by atoms with Crippen molar-refractivity contribution in [2.45, 2.75) is 59.8 Å². The van der Waals surface area contributed by atoms with Gasteiger partial charge in [-0.1, -0.05) is 109 Å². The normalized spacial score (nSPS) is 11.1. The van der Waals surface area contributed by atoms with Crippen LogP contribution in [0, 0.1) is 0 Å². The molecule has 0 amide bonds. The van der Waals surface area contributed by atoms with Gasteiger partial charge in [0.05, 0.1) is 0 Å². The van der Waals surface area contributed by atoms with Gasteiger partial charge in [0.15, 0.2) is 0 Å². The van der Waals surface area contributed by atoms with E-state index >= 15 is 0 Å². The minimum Gasteiger partial charge on any atom is -0.0683 e. The van der Waals surface area contributed by atoms with E-state index in [1.165, 1.54) is 33.4 Å². The van der Waals surface area contributed by atoms with Crippen LogP contribution < -0.4 is 0 Å². The Morgan fingerprint density at radius 1 is 0.630 bits per heavy atom. The first-order valence-electron chi connectivity index (χ1n) is 10.2. The Bertz CT molecular complexity index is 834. The largest absolute Gasteiger partial charge is 0.0683 e. The summed E-state index contributed by atoms with van der Waals surface area (Å²) < 4.78 is 0. The standard InChI is InChI=1S/C25H28.C2H6/c1-18(2)21-16-23(20-14-10-7-11-15-20)24(25(3,4)5)17-22(21)19-12-8-6-9-13-19;1-2/h6-18H,1-5H3;1-2H3. The van der Waals surface area contributed by atoms with E-state index in [0.29, 0.717) is 5.92 Å². The van der Waals surface area contributed by atoms with Crippen LogP contribution in [0.5, 0.6) is 0 Å². The predicted octanol–water partition coefficient (Wildman–Crippen LogP) is 8.47. The summed E-state index contributed by atoms with van der Waals surface area (Å²) in [5.74, 6) is 0.478. The maximum Gasteiger partial charge on any atom is -0.0125 e. The van der Waals surface area contributed by atoms with Crippen LogP contribution in [0.15, 0.2) is 72.8 Å². The highest BCUT2D eigenvalue weighted by Crippen LogP contribution is 2.40. The Labute approximate surface area is 166 Å². The van der Waals surface area contributed by atoms with Crippen LogP contribution in [0.3, 0.4) is 0 Å². The lowest BCUT2D eigenvalue weighted by Gasteiger charge is -2.27. The molecule has 0 fully saturated rings. The van der Waals surface area contributed by atoms with Crippen LogP contribution in [0.1, 0.15) is 65.5 Å². The molecule has 0 heteroatoms. The van der Waals surface area contributed by atoms with Gasteiger partial charge in [-0.25, -0.2) is 0 Å². The van der Waals surface area contributed by atoms with Crippen molar-refractivity contribution < 1.29 is 0 Å². The molecule has 0 N–H and O–H groups in total. The average Bonchev–Trinajstić information content (AvgIpc) is 2.69. The SMILES string of the molecule is CC.CC(C)c1cc(-c2ccccc2)c(C(C)(C)C)cc1-c1ccccc1. The Kier molecular flexibility index (Phi) is 7.02. The second kappa shape index (κ2) is 9.04. The monoisotopic (exact) mass is 358 g/mol. The molecule has 0 heterocycles. The minimum atomic E-state index is 0.0875. The second-order valence-corrected chi connectivity index (χ2v) is 8.12. The van der Waals surface area contributed by atoms with E-state index in [4.69, 9.17) is 0 Å². The van der Waals surface area contributed by atoms with Crippen LogP contribution in [0.4, 0.5) is 0 Å². The zero-order valence-corrected chi connectivity index (χ0v) is 18.0. The van der Waals surface area contributed by atoms with Gasteiger partial charge in [0.2, 0.25) is 0 Å². The van der Waals surface area contributed by atoms with Gasteiger partial charge in [-0.05, 0) is 56.8 Å². The number of hydrogen-bond donors (Lipinski definition) is 0. The van der Waals surface area contributed by atoms with Gasteiger partial charge in [0, 0.05) is 0 Å². The fraction of sp³-hybridized carbons (Fsp3) is 0.333. The zero-order chi connectivity index (χ0) is 20.0. The fourth-order valence-electron chi connectivity index (χ4n) is 3.44. The molecule has 0 saturated carbocycles. The summed E-state index contributed by atoms with van der Waals surface area (Å²) in [4.78, 5) is 0. The van der Waals surface area contributed by atoms with E-state index in [0.717, 1.165) is 0 Å². The Morgan fingerprint density at radius 2 is 1.07 bits per heavy atom. The van der Waals surface area contributed by atoms with Crippen molar-refractivity contribution in [1.82, 2.24) is 0 Å². The quantitative estimate of drug-likeness (QED) is 0.440. The van der Waals surface area contributed by atoms with Crippen LogP contribution in [0.2, 0.25) is 0 Å². The number of benzene rings is 3. The lowest BCUT2D eigenvalue weighted by Crippen LogP contribution is -2.14. The van der Waals surface area contributed by atoms with E-state index in [2.05, 4.69) is 107 Å². The Balaban J connectivity index is 0.00000126. The molecule has 142 valence electrons. The summed E-state index contributed by atoms with van der Waals surface area (Å²) >= 11 is 0. The van der Waals surface area contributed by atoms with Gasteiger partial charge in [-0.2, -0.15) is 0 Å². The molecular formula is C27H34. The van der Waals surface area contributed by atoms with Crippen molar-refractivity contribution in [3.63, 3.8) is 0 Å². The molecule has 0 aliphatic heterocycles. The van der Waals surface area contributed by atoms with E-state index < -0.39 is 0 Å². The summed E-state index contributed by atoms with van der Waals surface area (Å²) in [6, 6.07) is 26.4. The molecule has 3 aromatic carbocycles. The first-order valence-corrected chi connectivity index (χ1v) is 10.2. The summed E-state index contributed by atoms with van der Waals surface area (Å²) in [5.41, 5.74) is 8.23. The highest BCUT2D eigenvalue weighted by Gasteiger charge is 2.22. The van der Waals surface area contributed by atoms with Crippen molar-refractivity contribution in [3.8, 4) is 22.3 Å². The lowest BCUT2D eigenvalue weighted by atomic mass is 9.77. The molecule has 0 unspecified atom stereocenters. The third-order valence-corrected chi connectivity index (χ3v) is 4.79. The van der Waals surface area contributed by atoms with Crippen molar-refractivity contribution in [2.75, 3.05) is 0 Å². The second-order valence-electron chi connectivity index (χ2n) is 8.12. The third kappa shape index (κ3) is 4.89. The summed E-state index contributed by atoms with van der Waals surface area (Å²) in [7, 11) is 0. The Hall–Kier alpha value is -2.34. The minimum absolute atomic E-state index is 0.0875. The molecule has 0 radical (unpaired) electrons. The molecule has 0 aliphatic carbocycles. The molecule has 3 rings (SSSR count). The molecule has 0 atom stereocenters. The molecule has 0 bridgehead atoms. The van der Waals surface area contributed by atoms with Gasteiger partial charge in [0.1, 0.15) is 0 Å². The first kappa shape index (κ1) is 21.0. The summed E-state index contributed by atoms with van der Waals surface area (Å²) in [6.45, 7) is 15.5. The molecular weight excluding hydrogens is 324 g/mol. The van der Waals surface area contributed by atoms with Gasteiger partial charge < -0.3 is 0 Å². The Morgan fingerprint density at radius 3 is 1.48 bits per heavy atom. The number of hydrogen-bond acceptors (Lipinski definition) is 0. The smallest absolute Gasteiger partial charge is 0.0125 e. The molecule has 0 nitrogen and oxygen atoms in total. The molecule has 0 saturated heterocycles. The maximum absolute atomic E-state index is 2.42. The van der Waals surface area contributed by atoms with Crippen LogP contribution in [-0.4, -0.2) is 0 Å². The highest BCUT2D eigenvalue weighted by molar-refractivity contribution is 5.78. The van der Waals surface area contributed by atoms with Crippen LogP contribution in [0.25, 0.3) is 22.3 Å². The van der Waals surface area contributed by atoms with Crippen molar-refractivity contribution in [2.24, 2.45) is 0 Å². The third-order valence-electron chi connectivity index (χ3n) is 4.79. The topological polar surface area (TPSA) is 0 Å². The van der Waals surface area contributed by atoms with Crippen LogP contribution >= 0.6 is 0 Å². The van der Waals surface area contributed by atoms with Gasteiger partial charge in [-0.15, -0.1) is 0 Å².